The van der Waals surface area contributed by atoms with E-state index in [-0.39, 0.29) is 29.6 Å². The predicted octanol–water partition coefficient (Wildman–Crippen LogP) is 1.69. The third kappa shape index (κ3) is 3.24. The molecule has 130 valence electrons. The average Bonchev–Trinajstić information content (AvgIpc) is 3.15. The molecule has 0 spiro atoms. The number of nitrogens with zero attached hydrogens (tertiary/aromatic N) is 1. The third-order valence-corrected chi connectivity index (χ3v) is 4.85. The van der Waals surface area contributed by atoms with Crippen LogP contribution in [0.25, 0.3) is 0 Å². The van der Waals surface area contributed by atoms with Gasteiger partial charge in [-0.25, -0.2) is 4.79 Å². The van der Waals surface area contributed by atoms with Crippen LogP contribution in [0.5, 0.6) is 0 Å². The summed E-state index contributed by atoms with van der Waals surface area (Å²) in [6, 6.07) is 3.69. The lowest BCUT2D eigenvalue weighted by Crippen LogP contribution is -2.40. The van der Waals surface area contributed by atoms with Gasteiger partial charge in [-0.05, 0) is 45.1 Å². The first-order valence-electron chi connectivity index (χ1n) is 8.32. The Morgan fingerprint density at radius 3 is 2.92 bits per heavy atom. The minimum Gasteiger partial charge on any atom is -0.469 e. The van der Waals surface area contributed by atoms with Crippen molar-refractivity contribution in [3.63, 3.8) is 0 Å². The fourth-order valence-corrected chi connectivity index (χ4v) is 3.61. The smallest absolute Gasteiger partial charge is 0.354 e. The molecule has 3 rings (SSSR count). The summed E-state index contributed by atoms with van der Waals surface area (Å²) in [5.41, 5.74) is 1.26. The van der Waals surface area contributed by atoms with Gasteiger partial charge in [-0.3, -0.25) is 4.79 Å². The Morgan fingerprint density at radius 2 is 2.25 bits per heavy atom. The first-order chi connectivity index (χ1) is 11.5. The Hall–Kier alpha value is -2.08. The number of fused-ring (bicyclic) bond motifs is 1. The minimum atomic E-state index is -0.369. The second-order valence-corrected chi connectivity index (χ2v) is 6.84. The number of furan rings is 1. The van der Waals surface area contributed by atoms with Crippen molar-refractivity contribution in [1.29, 1.82) is 0 Å². The van der Waals surface area contributed by atoms with Crippen LogP contribution in [-0.4, -0.2) is 49.9 Å². The maximum atomic E-state index is 12.6. The highest BCUT2D eigenvalue weighted by atomic mass is 16.5. The molecule has 6 nitrogen and oxygen atoms in total. The van der Waals surface area contributed by atoms with E-state index in [1.165, 1.54) is 0 Å². The molecule has 1 aliphatic carbocycles. The fraction of sp³-hybridized carbons (Fsp3) is 0.556. The van der Waals surface area contributed by atoms with Gasteiger partial charge in [-0.1, -0.05) is 0 Å². The van der Waals surface area contributed by atoms with Crippen LogP contribution in [0.2, 0.25) is 0 Å². The summed E-state index contributed by atoms with van der Waals surface area (Å²) in [6.45, 7) is 2.86. The summed E-state index contributed by atoms with van der Waals surface area (Å²) in [7, 11) is 3.85. The molecule has 1 aliphatic heterocycles. The number of nitrogens with one attached hydrogen (secondary N) is 1. The molecule has 0 saturated heterocycles. The van der Waals surface area contributed by atoms with Gasteiger partial charge < -0.3 is 19.4 Å². The number of carbonyl (C=O) groups excluding carboxylic acids is 2. The van der Waals surface area contributed by atoms with E-state index in [4.69, 9.17) is 9.15 Å². The molecule has 0 aromatic carbocycles. The van der Waals surface area contributed by atoms with Crippen molar-refractivity contribution in [2.75, 3.05) is 27.2 Å². The van der Waals surface area contributed by atoms with Gasteiger partial charge in [0.2, 0.25) is 0 Å². The largest absolute Gasteiger partial charge is 0.469 e. The standard InChI is InChI=1S/C18H24N2O4/c1-11-16-13(19-17(11)18(22)24-8-6-20(2)3)9-12(10-14(16)21)15-5-4-7-23-15/h4-5,7,12-13,16,19H,6,8-10H2,1-3H3. The van der Waals surface area contributed by atoms with E-state index in [1.54, 1.807) is 6.26 Å². The molecular weight excluding hydrogens is 308 g/mol. The molecule has 1 saturated carbocycles. The van der Waals surface area contributed by atoms with Crippen molar-refractivity contribution in [2.24, 2.45) is 5.92 Å². The zero-order chi connectivity index (χ0) is 17.3. The van der Waals surface area contributed by atoms with E-state index in [0.717, 1.165) is 17.8 Å². The average molecular weight is 332 g/mol. The summed E-state index contributed by atoms with van der Waals surface area (Å²) < 4.78 is 10.8. The molecule has 1 fully saturated rings. The van der Waals surface area contributed by atoms with Crippen LogP contribution < -0.4 is 5.32 Å². The maximum absolute atomic E-state index is 12.6. The Bertz CT molecular complexity index is 648. The molecule has 3 atom stereocenters. The normalized spacial score (nSPS) is 26.5. The number of rotatable bonds is 5. The quantitative estimate of drug-likeness (QED) is 0.828. The van der Waals surface area contributed by atoms with Crippen LogP contribution >= 0.6 is 0 Å². The van der Waals surface area contributed by atoms with Crippen LogP contribution in [0.15, 0.2) is 34.1 Å². The van der Waals surface area contributed by atoms with Crippen molar-refractivity contribution in [3.05, 3.63) is 35.4 Å². The van der Waals surface area contributed by atoms with Crippen LogP contribution in [0.1, 0.15) is 31.4 Å². The van der Waals surface area contributed by atoms with E-state index in [0.29, 0.717) is 25.3 Å². The molecule has 2 aliphatic rings. The summed E-state index contributed by atoms with van der Waals surface area (Å²) in [5.74, 6) is 0.467. The third-order valence-electron chi connectivity index (χ3n) is 4.85. The summed E-state index contributed by atoms with van der Waals surface area (Å²) in [6.07, 6.45) is 2.86. The molecule has 6 heteroatoms. The van der Waals surface area contributed by atoms with Gasteiger partial charge in [0.05, 0.1) is 12.2 Å². The van der Waals surface area contributed by atoms with Crippen LogP contribution in [-0.2, 0) is 14.3 Å². The van der Waals surface area contributed by atoms with Gasteiger partial charge in [-0.2, -0.15) is 0 Å². The number of ether oxygens (including phenoxy) is 1. The lowest BCUT2D eigenvalue weighted by Gasteiger charge is -2.30. The van der Waals surface area contributed by atoms with Crippen LogP contribution in [0.4, 0.5) is 0 Å². The number of esters is 1. The Kier molecular flexibility index (Phi) is 4.76. The Labute approximate surface area is 141 Å². The zero-order valence-electron chi connectivity index (χ0n) is 14.4. The predicted molar refractivity (Wildman–Crippen MR) is 88.3 cm³/mol. The monoisotopic (exact) mass is 332 g/mol. The number of ketones is 1. The highest BCUT2D eigenvalue weighted by molar-refractivity contribution is 5.94. The van der Waals surface area contributed by atoms with Crippen molar-refractivity contribution in [3.8, 4) is 0 Å². The summed E-state index contributed by atoms with van der Waals surface area (Å²) >= 11 is 0. The zero-order valence-corrected chi connectivity index (χ0v) is 14.4. The highest BCUT2D eigenvalue weighted by Crippen LogP contribution is 2.41. The molecule has 1 aromatic rings. The van der Waals surface area contributed by atoms with Gasteiger partial charge in [-0.15, -0.1) is 0 Å². The van der Waals surface area contributed by atoms with Crippen molar-refractivity contribution in [1.82, 2.24) is 10.2 Å². The van der Waals surface area contributed by atoms with E-state index in [2.05, 4.69) is 5.32 Å². The maximum Gasteiger partial charge on any atom is 0.354 e. The van der Waals surface area contributed by atoms with Gasteiger partial charge in [0.1, 0.15) is 23.8 Å². The van der Waals surface area contributed by atoms with Gasteiger partial charge in [0.15, 0.2) is 0 Å². The molecule has 1 N–H and O–H groups in total. The fourth-order valence-electron chi connectivity index (χ4n) is 3.61. The van der Waals surface area contributed by atoms with Crippen LogP contribution in [0.3, 0.4) is 0 Å². The summed E-state index contributed by atoms with van der Waals surface area (Å²) in [4.78, 5) is 26.8. The molecular formula is C18H24N2O4. The van der Waals surface area contributed by atoms with Crippen molar-refractivity contribution < 1.29 is 18.7 Å². The highest BCUT2D eigenvalue weighted by Gasteiger charge is 2.45. The summed E-state index contributed by atoms with van der Waals surface area (Å²) in [5, 5.41) is 3.23. The van der Waals surface area contributed by atoms with E-state index < -0.39 is 0 Å². The van der Waals surface area contributed by atoms with Gasteiger partial charge >= 0.3 is 5.97 Å². The second-order valence-electron chi connectivity index (χ2n) is 6.84. The number of carbonyl (C=O) groups is 2. The molecule has 1 aromatic heterocycles. The lowest BCUT2D eigenvalue weighted by atomic mass is 9.75. The molecule has 0 bridgehead atoms. The minimum absolute atomic E-state index is 0.0576. The molecule has 0 amide bonds. The van der Waals surface area contributed by atoms with Gasteiger partial charge in [0, 0.05) is 24.9 Å². The van der Waals surface area contributed by atoms with E-state index >= 15 is 0 Å². The number of hydrogen-bond acceptors (Lipinski definition) is 6. The molecule has 24 heavy (non-hydrogen) atoms. The lowest BCUT2D eigenvalue weighted by molar-refractivity contribution is -0.139. The molecule has 3 unspecified atom stereocenters. The topological polar surface area (TPSA) is 71.8 Å². The molecule has 2 heterocycles. The Balaban J connectivity index is 1.68. The van der Waals surface area contributed by atoms with E-state index in [9.17, 15) is 9.59 Å². The second kappa shape index (κ2) is 6.81. The first kappa shape index (κ1) is 16.8. The van der Waals surface area contributed by atoms with E-state index in [1.807, 2.05) is 38.1 Å². The number of likely N-dealkylation sites (N-methyl/N-ethyl adjacent to an activating group) is 1. The number of Topliss-reactive ketones (excluding diaryl/α,β-unsaturated/α-hetero) is 1. The van der Waals surface area contributed by atoms with Crippen LogP contribution in [0, 0.1) is 5.92 Å². The van der Waals surface area contributed by atoms with Crippen molar-refractivity contribution in [2.45, 2.75) is 31.7 Å². The Morgan fingerprint density at radius 1 is 1.46 bits per heavy atom. The first-order valence-corrected chi connectivity index (χ1v) is 8.32. The SMILES string of the molecule is CC1=C(C(=O)OCCN(C)C)NC2CC(c3ccco3)CC(=O)C12. The van der Waals surface area contributed by atoms with Crippen molar-refractivity contribution >= 4 is 11.8 Å². The molecule has 0 radical (unpaired) electrons. The van der Waals surface area contributed by atoms with Gasteiger partial charge in [0.25, 0.3) is 0 Å². The number of hydrogen-bond donors (Lipinski definition) is 1.